The summed E-state index contributed by atoms with van der Waals surface area (Å²) in [5.41, 5.74) is 2.26. The van der Waals surface area contributed by atoms with Crippen molar-refractivity contribution in [1.29, 1.82) is 0 Å². The molecule has 30 heavy (non-hydrogen) atoms. The van der Waals surface area contributed by atoms with Crippen molar-refractivity contribution in [2.45, 2.75) is 38.9 Å². The molecule has 0 bridgehead atoms. The molecule has 0 aliphatic heterocycles. The summed E-state index contributed by atoms with van der Waals surface area (Å²) in [6.07, 6.45) is 1.76. The highest BCUT2D eigenvalue weighted by Crippen LogP contribution is 2.33. The summed E-state index contributed by atoms with van der Waals surface area (Å²) < 4.78 is 12.8. The van der Waals surface area contributed by atoms with Crippen LogP contribution in [0, 0.1) is 6.92 Å². The van der Waals surface area contributed by atoms with E-state index < -0.39 is 0 Å². The lowest BCUT2D eigenvalue weighted by Crippen LogP contribution is -2.21. The van der Waals surface area contributed by atoms with Gasteiger partial charge in [0.25, 0.3) is 5.24 Å². The van der Waals surface area contributed by atoms with Gasteiger partial charge >= 0.3 is 0 Å². The smallest absolute Gasteiger partial charge is 0.279 e. The minimum absolute atomic E-state index is 0. The van der Waals surface area contributed by atoms with Crippen LogP contribution in [0.5, 0.6) is 11.5 Å². The number of thioether (sulfide) groups is 1. The zero-order valence-electron chi connectivity index (χ0n) is 18.0. The Bertz CT molecular complexity index is 1050. The Labute approximate surface area is 182 Å². The molecule has 0 saturated heterocycles. The number of methoxy groups -OCH3 is 2. The van der Waals surface area contributed by atoms with E-state index >= 15 is 0 Å². The van der Waals surface area contributed by atoms with Crippen molar-refractivity contribution in [1.82, 2.24) is 24.9 Å². The zero-order valence-corrected chi connectivity index (χ0v) is 18.8. The van der Waals surface area contributed by atoms with Gasteiger partial charge in [-0.1, -0.05) is 25.6 Å². The molecule has 0 unspecified atom stereocenters. The first-order chi connectivity index (χ1) is 14.4. The Morgan fingerprint density at radius 3 is 2.57 bits per heavy atom. The maximum absolute atomic E-state index is 11.7. The standard InChI is InChI=1S/C20H28N6O3S.2H2/c1-12(2)30-20(27)22-9-7-6-8-21-18-19-25-24-13(3)26(19)15-11-17(29-5)16(28-4)10-14(15)23-18;;/h10-12H,6-9H2,1-5H3,(H,21,23)(H,22,27);2*1H. The van der Waals surface area contributed by atoms with Crippen molar-refractivity contribution in [2.24, 2.45) is 0 Å². The van der Waals surface area contributed by atoms with Gasteiger partial charge in [-0.2, -0.15) is 0 Å². The van der Waals surface area contributed by atoms with Crippen molar-refractivity contribution in [3.8, 4) is 11.5 Å². The summed E-state index contributed by atoms with van der Waals surface area (Å²) in [5.74, 6) is 2.66. The van der Waals surface area contributed by atoms with E-state index in [1.165, 1.54) is 11.8 Å². The number of hydrogen-bond acceptors (Lipinski definition) is 8. The fourth-order valence-corrected chi connectivity index (χ4v) is 3.74. The van der Waals surface area contributed by atoms with Gasteiger partial charge in [-0.3, -0.25) is 9.20 Å². The number of hydrogen-bond donors (Lipinski definition) is 2. The molecule has 2 aromatic heterocycles. The molecule has 0 aliphatic carbocycles. The Balaban J connectivity index is 0.00000256. The lowest BCUT2D eigenvalue weighted by atomic mass is 10.2. The average molecular weight is 437 g/mol. The normalized spacial score (nSPS) is 11.3. The summed E-state index contributed by atoms with van der Waals surface area (Å²) in [5, 5.41) is 15.1. The fourth-order valence-electron chi connectivity index (χ4n) is 3.12. The van der Waals surface area contributed by atoms with Crippen LogP contribution in [-0.4, -0.2) is 57.4 Å². The van der Waals surface area contributed by atoms with Crippen LogP contribution < -0.4 is 20.1 Å². The number of carbonyl (C=O) groups is 1. The molecule has 0 aliphatic rings. The van der Waals surface area contributed by atoms with Crippen LogP contribution in [0.15, 0.2) is 12.1 Å². The molecular formula is C20H32N6O3S. The van der Waals surface area contributed by atoms with Gasteiger partial charge in [-0.15, -0.1) is 10.2 Å². The Morgan fingerprint density at radius 2 is 1.87 bits per heavy atom. The van der Waals surface area contributed by atoms with E-state index in [0.29, 0.717) is 41.3 Å². The van der Waals surface area contributed by atoms with E-state index in [2.05, 4.69) is 20.8 Å². The predicted octanol–water partition coefficient (Wildman–Crippen LogP) is 4.14. The van der Waals surface area contributed by atoms with Crippen LogP contribution in [0.3, 0.4) is 0 Å². The highest BCUT2D eigenvalue weighted by atomic mass is 32.2. The predicted molar refractivity (Wildman–Crippen MR) is 124 cm³/mol. The van der Waals surface area contributed by atoms with Crippen LogP contribution in [0.25, 0.3) is 16.7 Å². The molecule has 0 atom stereocenters. The highest BCUT2D eigenvalue weighted by molar-refractivity contribution is 8.14. The van der Waals surface area contributed by atoms with Gasteiger partial charge in [0.15, 0.2) is 17.3 Å². The first-order valence-corrected chi connectivity index (χ1v) is 10.8. The van der Waals surface area contributed by atoms with Gasteiger partial charge in [-0.25, -0.2) is 4.98 Å². The molecule has 3 aromatic rings. The van der Waals surface area contributed by atoms with Crippen molar-refractivity contribution in [3.63, 3.8) is 0 Å². The maximum atomic E-state index is 11.7. The fraction of sp³-hybridized carbons (Fsp3) is 0.500. The number of anilines is 1. The van der Waals surface area contributed by atoms with Gasteiger partial charge < -0.3 is 20.1 Å². The minimum atomic E-state index is 0. The van der Waals surface area contributed by atoms with Gasteiger partial charge in [0.2, 0.25) is 5.65 Å². The number of aryl methyl sites for hydroxylation is 1. The molecule has 10 heteroatoms. The lowest BCUT2D eigenvalue weighted by molar-refractivity contribution is 0.260. The van der Waals surface area contributed by atoms with Crippen molar-refractivity contribution < 1.29 is 17.1 Å². The molecule has 0 fully saturated rings. The summed E-state index contributed by atoms with van der Waals surface area (Å²) >= 11 is 1.31. The van der Waals surface area contributed by atoms with Gasteiger partial charge in [0.1, 0.15) is 5.82 Å². The summed E-state index contributed by atoms with van der Waals surface area (Å²) in [7, 11) is 3.21. The number of carbonyl (C=O) groups excluding carboxylic acids is 1. The van der Waals surface area contributed by atoms with E-state index in [0.717, 1.165) is 29.7 Å². The molecule has 1 amide bonds. The van der Waals surface area contributed by atoms with Crippen LogP contribution in [0.4, 0.5) is 10.6 Å². The van der Waals surface area contributed by atoms with Crippen LogP contribution in [0.2, 0.25) is 0 Å². The third kappa shape index (κ3) is 4.86. The number of fused-ring (bicyclic) bond motifs is 3. The van der Waals surface area contributed by atoms with Crippen molar-refractivity contribution >= 4 is 39.5 Å². The number of ether oxygens (including phenoxy) is 2. The summed E-state index contributed by atoms with van der Waals surface area (Å²) in [6, 6.07) is 3.73. The molecule has 2 N–H and O–H groups in total. The third-order valence-corrected chi connectivity index (χ3v) is 5.33. The van der Waals surface area contributed by atoms with E-state index in [-0.39, 0.29) is 8.09 Å². The summed E-state index contributed by atoms with van der Waals surface area (Å²) in [4.78, 5) is 16.4. The highest BCUT2D eigenvalue weighted by Gasteiger charge is 2.16. The van der Waals surface area contributed by atoms with Gasteiger partial charge in [0, 0.05) is 33.3 Å². The van der Waals surface area contributed by atoms with Gasteiger partial charge in [-0.05, 0) is 19.8 Å². The Morgan fingerprint density at radius 1 is 1.17 bits per heavy atom. The molecule has 0 saturated carbocycles. The molecule has 1 aromatic carbocycles. The van der Waals surface area contributed by atoms with Crippen LogP contribution in [0.1, 0.15) is 35.4 Å². The molecule has 3 rings (SSSR count). The lowest BCUT2D eigenvalue weighted by Gasteiger charge is -2.13. The maximum Gasteiger partial charge on any atom is 0.279 e. The number of amides is 1. The van der Waals surface area contributed by atoms with Crippen LogP contribution in [-0.2, 0) is 0 Å². The Hall–Kier alpha value is -2.75. The number of nitrogens with zero attached hydrogens (tertiary/aromatic N) is 4. The zero-order chi connectivity index (χ0) is 21.7. The summed E-state index contributed by atoms with van der Waals surface area (Å²) in [6.45, 7) is 7.27. The largest absolute Gasteiger partial charge is 0.493 e. The van der Waals surface area contributed by atoms with Gasteiger partial charge in [0.05, 0.1) is 25.3 Å². The SMILES string of the molecule is COc1cc2nc(NCCCCNC(=O)SC(C)C)c3nnc(C)n3c2cc1OC.[HH].[HH]. The van der Waals surface area contributed by atoms with Crippen molar-refractivity contribution in [3.05, 3.63) is 18.0 Å². The number of rotatable bonds is 9. The number of benzene rings is 1. The number of unbranched alkanes of at least 4 members (excludes halogenated alkanes) is 1. The molecular weight excluding hydrogens is 404 g/mol. The molecule has 0 spiro atoms. The molecule has 166 valence electrons. The van der Waals surface area contributed by atoms with Crippen LogP contribution >= 0.6 is 11.8 Å². The van der Waals surface area contributed by atoms with Crippen molar-refractivity contribution in [2.75, 3.05) is 32.6 Å². The monoisotopic (exact) mass is 436 g/mol. The quantitative estimate of drug-likeness (QED) is 0.483. The second-order valence-corrected chi connectivity index (χ2v) is 8.63. The molecule has 0 radical (unpaired) electrons. The van der Waals surface area contributed by atoms with E-state index in [4.69, 9.17) is 14.5 Å². The van der Waals surface area contributed by atoms with E-state index in [1.54, 1.807) is 14.2 Å². The van der Waals surface area contributed by atoms with E-state index in [1.807, 2.05) is 37.3 Å². The first kappa shape index (κ1) is 21.9. The number of aromatic nitrogens is 4. The second-order valence-electron chi connectivity index (χ2n) is 7.08. The first-order valence-electron chi connectivity index (χ1n) is 9.90. The van der Waals surface area contributed by atoms with E-state index in [9.17, 15) is 4.79 Å². The molecule has 9 nitrogen and oxygen atoms in total. The number of nitrogens with one attached hydrogen (secondary N) is 2. The molecule has 2 heterocycles. The minimum Gasteiger partial charge on any atom is -0.493 e. The Kier molecular flexibility index (Phi) is 7.20. The topological polar surface area (TPSA) is 103 Å². The third-order valence-electron chi connectivity index (χ3n) is 4.50. The average Bonchev–Trinajstić information content (AvgIpc) is 3.11. The second kappa shape index (κ2) is 9.84.